The van der Waals surface area contributed by atoms with Gasteiger partial charge in [0.05, 0.1) is 19.1 Å². The summed E-state index contributed by atoms with van der Waals surface area (Å²) >= 11 is 0. The maximum atomic E-state index is 12.5. The second kappa shape index (κ2) is 9.96. The van der Waals surface area contributed by atoms with Crippen molar-refractivity contribution in [1.29, 1.82) is 0 Å². The van der Waals surface area contributed by atoms with Crippen LogP contribution < -0.4 is 9.64 Å². The topological polar surface area (TPSA) is 58.8 Å². The van der Waals surface area contributed by atoms with Gasteiger partial charge in [-0.15, -0.1) is 0 Å². The molecule has 1 fully saturated rings. The van der Waals surface area contributed by atoms with E-state index < -0.39 is 0 Å². The Morgan fingerprint density at radius 2 is 1.70 bits per heavy atom. The van der Waals surface area contributed by atoms with Crippen LogP contribution in [0.1, 0.15) is 25.7 Å². The molecule has 30 heavy (non-hydrogen) atoms. The van der Waals surface area contributed by atoms with Crippen LogP contribution in [0.4, 0.5) is 10.5 Å². The number of benzene rings is 1. The van der Waals surface area contributed by atoms with Gasteiger partial charge in [0.1, 0.15) is 5.75 Å². The number of carbonyl (C=O) groups excluding carboxylic acids is 1. The molecule has 1 saturated heterocycles. The van der Waals surface area contributed by atoms with Gasteiger partial charge in [0, 0.05) is 43.3 Å². The number of anilines is 1. The minimum Gasteiger partial charge on any atom is -0.494 e. The van der Waals surface area contributed by atoms with Gasteiger partial charge in [0.25, 0.3) is 0 Å². The summed E-state index contributed by atoms with van der Waals surface area (Å²) in [6, 6.07) is 13.9. The third-order valence-corrected chi connectivity index (χ3v) is 5.37. The lowest BCUT2D eigenvalue weighted by molar-refractivity contribution is 0.219. The molecule has 1 aromatic carbocycles. The maximum Gasteiger partial charge on any atom is 0.324 e. The molecule has 1 aliphatic rings. The van der Waals surface area contributed by atoms with Crippen LogP contribution in [0.15, 0.2) is 71.8 Å². The fourth-order valence-corrected chi connectivity index (χ4v) is 3.67. The van der Waals surface area contributed by atoms with E-state index in [2.05, 4.69) is 4.98 Å². The molecule has 0 unspecified atom stereocenters. The summed E-state index contributed by atoms with van der Waals surface area (Å²) in [5.74, 6) is 0.890. The summed E-state index contributed by atoms with van der Waals surface area (Å²) in [4.78, 5) is 20.3. The molecule has 0 aliphatic carbocycles. The molecule has 1 aliphatic heterocycles. The van der Waals surface area contributed by atoms with Crippen LogP contribution in [0, 0.1) is 0 Å². The van der Waals surface area contributed by atoms with Gasteiger partial charge < -0.3 is 14.1 Å². The third kappa shape index (κ3) is 5.00. The Bertz CT molecular complexity index is 911. The van der Waals surface area contributed by atoms with Crippen molar-refractivity contribution >= 4 is 11.7 Å². The molecule has 6 nitrogen and oxygen atoms in total. The number of pyridine rings is 1. The van der Waals surface area contributed by atoms with E-state index in [9.17, 15) is 4.79 Å². The Hall–Kier alpha value is -3.28. The normalized spacial score (nSPS) is 13.8. The second-order valence-electron chi connectivity index (χ2n) is 7.43. The number of furan rings is 1. The van der Waals surface area contributed by atoms with Crippen molar-refractivity contribution in [3.63, 3.8) is 0 Å². The number of hydrogen-bond acceptors (Lipinski definition) is 4. The van der Waals surface area contributed by atoms with Crippen LogP contribution in [0.5, 0.6) is 5.75 Å². The van der Waals surface area contributed by atoms with Gasteiger partial charge >= 0.3 is 6.03 Å². The van der Waals surface area contributed by atoms with Crippen LogP contribution in [0.3, 0.4) is 0 Å². The summed E-state index contributed by atoms with van der Waals surface area (Å²) in [6.45, 7) is 3.06. The van der Waals surface area contributed by atoms with E-state index in [0.29, 0.717) is 6.61 Å². The van der Waals surface area contributed by atoms with E-state index in [1.54, 1.807) is 24.9 Å². The van der Waals surface area contributed by atoms with Gasteiger partial charge in [-0.05, 0) is 48.7 Å². The molecule has 0 saturated carbocycles. The number of unbranched alkanes of at least 4 members (excludes halogenated alkanes) is 3. The zero-order chi connectivity index (χ0) is 20.6. The highest BCUT2D eigenvalue weighted by Crippen LogP contribution is 2.23. The maximum absolute atomic E-state index is 12.5. The highest BCUT2D eigenvalue weighted by atomic mass is 16.5. The molecular formula is C24H27N3O3. The van der Waals surface area contributed by atoms with Crippen LogP contribution in [-0.2, 0) is 0 Å². The molecule has 6 heteroatoms. The summed E-state index contributed by atoms with van der Waals surface area (Å²) in [7, 11) is 0. The van der Waals surface area contributed by atoms with Gasteiger partial charge in [-0.2, -0.15) is 0 Å². The predicted octanol–water partition coefficient (Wildman–Crippen LogP) is 5.22. The van der Waals surface area contributed by atoms with Gasteiger partial charge in [-0.25, -0.2) is 4.79 Å². The van der Waals surface area contributed by atoms with E-state index in [-0.39, 0.29) is 6.03 Å². The smallest absolute Gasteiger partial charge is 0.324 e. The number of hydrogen-bond donors (Lipinski definition) is 0. The molecule has 156 valence electrons. The highest BCUT2D eigenvalue weighted by molar-refractivity contribution is 5.93. The number of nitrogens with zero attached hydrogens (tertiary/aromatic N) is 3. The SMILES string of the molecule is O=C1N(CCCCCCOc2ccc(-c3ccoc3)cc2)CCN1c1ccncc1. The number of aromatic nitrogens is 1. The summed E-state index contributed by atoms with van der Waals surface area (Å²) < 4.78 is 11.0. The van der Waals surface area contributed by atoms with Crippen LogP contribution in [0.25, 0.3) is 11.1 Å². The third-order valence-electron chi connectivity index (χ3n) is 5.37. The molecule has 0 N–H and O–H groups in total. The van der Waals surface area contributed by atoms with E-state index in [0.717, 1.165) is 67.9 Å². The van der Waals surface area contributed by atoms with Crippen LogP contribution in [-0.4, -0.2) is 42.2 Å². The molecule has 3 heterocycles. The van der Waals surface area contributed by atoms with E-state index >= 15 is 0 Å². The average Bonchev–Trinajstić information content (AvgIpc) is 3.45. The van der Waals surface area contributed by atoms with Crippen molar-refractivity contribution in [2.45, 2.75) is 25.7 Å². The molecule has 2 amide bonds. The quantitative estimate of drug-likeness (QED) is 0.434. The van der Waals surface area contributed by atoms with Crippen LogP contribution >= 0.6 is 0 Å². The lowest BCUT2D eigenvalue weighted by atomic mass is 10.1. The van der Waals surface area contributed by atoms with E-state index in [4.69, 9.17) is 9.15 Å². The zero-order valence-electron chi connectivity index (χ0n) is 17.1. The van der Waals surface area contributed by atoms with Gasteiger partial charge in [-0.1, -0.05) is 25.0 Å². The molecule has 0 spiro atoms. The van der Waals surface area contributed by atoms with Crippen molar-refractivity contribution in [1.82, 2.24) is 9.88 Å². The molecule has 0 radical (unpaired) electrons. The Labute approximate surface area is 177 Å². The largest absolute Gasteiger partial charge is 0.494 e. The number of carbonyl (C=O) groups is 1. The van der Waals surface area contributed by atoms with Crippen molar-refractivity contribution in [2.24, 2.45) is 0 Å². The standard InChI is InChI=1S/C24H27N3O3/c28-24-26(15-16-27(24)22-9-12-25-13-10-22)14-3-1-2-4-17-30-23-7-5-20(6-8-23)21-11-18-29-19-21/h5-13,18-19H,1-4,14-17H2. The molecule has 3 aromatic rings. The van der Waals surface area contributed by atoms with Gasteiger partial charge in [0.2, 0.25) is 0 Å². The lowest BCUT2D eigenvalue weighted by Crippen LogP contribution is -2.32. The fraction of sp³-hybridized carbons (Fsp3) is 0.333. The zero-order valence-corrected chi connectivity index (χ0v) is 17.1. The Balaban J connectivity index is 1.09. The Kier molecular flexibility index (Phi) is 6.65. The minimum absolute atomic E-state index is 0.100. The number of rotatable bonds is 10. The van der Waals surface area contributed by atoms with E-state index in [1.807, 2.05) is 52.3 Å². The first-order valence-electron chi connectivity index (χ1n) is 10.5. The number of urea groups is 1. The number of ether oxygens (including phenoxy) is 1. The summed E-state index contributed by atoms with van der Waals surface area (Å²) in [5.41, 5.74) is 3.12. The average molecular weight is 405 g/mol. The van der Waals surface area contributed by atoms with Crippen molar-refractivity contribution < 1.29 is 13.9 Å². The number of amides is 2. The minimum atomic E-state index is 0.100. The highest BCUT2D eigenvalue weighted by Gasteiger charge is 2.28. The molecule has 0 atom stereocenters. The predicted molar refractivity (Wildman–Crippen MR) is 117 cm³/mol. The first-order valence-corrected chi connectivity index (χ1v) is 10.5. The Morgan fingerprint density at radius 3 is 2.47 bits per heavy atom. The second-order valence-corrected chi connectivity index (χ2v) is 7.43. The van der Waals surface area contributed by atoms with Gasteiger partial charge in [0.15, 0.2) is 0 Å². The molecule has 0 bridgehead atoms. The first kappa shape index (κ1) is 20.0. The fourth-order valence-electron chi connectivity index (χ4n) is 3.67. The van der Waals surface area contributed by atoms with Crippen molar-refractivity contribution in [2.75, 3.05) is 31.1 Å². The lowest BCUT2D eigenvalue weighted by Gasteiger charge is -2.18. The molecule has 4 rings (SSSR count). The van der Waals surface area contributed by atoms with Gasteiger partial charge in [-0.3, -0.25) is 9.88 Å². The van der Waals surface area contributed by atoms with Crippen LogP contribution in [0.2, 0.25) is 0 Å². The van der Waals surface area contributed by atoms with Crippen molar-refractivity contribution in [3.8, 4) is 16.9 Å². The summed E-state index contributed by atoms with van der Waals surface area (Å²) in [6.07, 6.45) is 11.1. The monoisotopic (exact) mass is 405 g/mol. The van der Waals surface area contributed by atoms with Crippen molar-refractivity contribution in [3.05, 3.63) is 67.4 Å². The molecular weight excluding hydrogens is 378 g/mol. The Morgan fingerprint density at radius 1 is 0.900 bits per heavy atom. The van der Waals surface area contributed by atoms with E-state index in [1.165, 1.54) is 0 Å². The first-order chi connectivity index (χ1) is 14.8. The molecule has 2 aromatic heterocycles. The summed E-state index contributed by atoms with van der Waals surface area (Å²) in [5, 5.41) is 0.